The number of hydrogen-bond donors (Lipinski definition) is 2. The normalized spacial score (nSPS) is 16.2. The fourth-order valence-electron chi connectivity index (χ4n) is 4.58. The number of carbonyl (C=O) groups excluding carboxylic acids is 1. The number of nitrogens with zero attached hydrogens (tertiary/aromatic N) is 4. The summed E-state index contributed by atoms with van der Waals surface area (Å²) in [5.74, 6) is 1.62. The second kappa shape index (κ2) is 9.64. The van der Waals surface area contributed by atoms with Gasteiger partial charge in [0.05, 0.1) is 17.8 Å². The lowest BCUT2D eigenvalue weighted by atomic mass is 9.96. The van der Waals surface area contributed by atoms with Crippen molar-refractivity contribution in [1.29, 1.82) is 0 Å². The zero-order chi connectivity index (χ0) is 24.5. The standard InChI is InChI=1S/C26H28ClN5O3/c1-30-11-12-32(26(30)34)23-4-3-17(13-22(23)27)20-15-19(35-2)16-21(25(20)33)18-5-6-29-24(14-18)31-9-7-28-8-10-31/h3-6,13-16,28,33H,7-12H2,1-2H3. The molecule has 1 aromatic heterocycles. The number of methoxy groups -OCH3 is 1. The Balaban J connectivity index is 1.53. The van der Waals surface area contributed by atoms with Gasteiger partial charge >= 0.3 is 6.03 Å². The van der Waals surface area contributed by atoms with Crippen LogP contribution >= 0.6 is 11.6 Å². The fourth-order valence-corrected chi connectivity index (χ4v) is 4.87. The van der Waals surface area contributed by atoms with Gasteiger partial charge in [0.1, 0.15) is 17.3 Å². The number of phenolic OH excluding ortho intramolecular Hbond substituents is 1. The quantitative estimate of drug-likeness (QED) is 0.558. The highest BCUT2D eigenvalue weighted by Crippen LogP contribution is 2.43. The van der Waals surface area contributed by atoms with Gasteiger partial charge in [0.15, 0.2) is 0 Å². The van der Waals surface area contributed by atoms with Crippen molar-refractivity contribution in [1.82, 2.24) is 15.2 Å². The Morgan fingerprint density at radius 1 is 1.00 bits per heavy atom. The molecular formula is C26H28ClN5O3. The summed E-state index contributed by atoms with van der Waals surface area (Å²) >= 11 is 6.62. The highest BCUT2D eigenvalue weighted by atomic mass is 35.5. The number of benzene rings is 2. The lowest BCUT2D eigenvalue weighted by molar-refractivity contribution is 0.229. The van der Waals surface area contributed by atoms with E-state index in [0.29, 0.717) is 40.7 Å². The number of halogens is 1. The van der Waals surface area contributed by atoms with Crippen molar-refractivity contribution in [3.63, 3.8) is 0 Å². The van der Waals surface area contributed by atoms with Crippen LogP contribution in [-0.4, -0.2) is 74.4 Å². The number of likely N-dealkylation sites (N-methyl/N-ethyl adjacent to an activating group) is 1. The van der Waals surface area contributed by atoms with Gasteiger partial charge < -0.3 is 25.0 Å². The number of hydrogen-bond acceptors (Lipinski definition) is 6. The minimum Gasteiger partial charge on any atom is -0.507 e. The summed E-state index contributed by atoms with van der Waals surface area (Å²) in [4.78, 5) is 22.5. The number of aromatic nitrogens is 1. The van der Waals surface area contributed by atoms with Gasteiger partial charge in [-0.3, -0.25) is 4.90 Å². The lowest BCUT2D eigenvalue weighted by Crippen LogP contribution is -2.43. The summed E-state index contributed by atoms with van der Waals surface area (Å²) in [5, 5.41) is 15.1. The highest BCUT2D eigenvalue weighted by Gasteiger charge is 2.28. The fraction of sp³-hybridized carbons (Fsp3) is 0.308. The van der Waals surface area contributed by atoms with Crippen molar-refractivity contribution < 1.29 is 14.6 Å². The summed E-state index contributed by atoms with van der Waals surface area (Å²) < 4.78 is 5.56. The van der Waals surface area contributed by atoms with Gasteiger partial charge in [0.2, 0.25) is 0 Å². The number of carbonyl (C=O) groups is 1. The van der Waals surface area contributed by atoms with Gasteiger partial charge in [0.25, 0.3) is 0 Å². The van der Waals surface area contributed by atoms with E-state index in [-0.39, 0.29) is 11.8 Å². The zero-order valence-electron chi connectivity index (χ0n) is 19.8. The molecule has 8 nitrogen and oxygen atoms in total. The van der Waals surface area contributed by atoms with Crippen LogP contribution in [0.5, 0.6) is 11.5 Å². The average molecular weight is 494 g/mol. The molecule has 9 heteroatoms. The average Bonchev–Trinajstić information content (AvgIpc) is 3.22. The van der Waals surface area contributed by atoms with Crippen LogP contribution in [-0.2, 0) is 0 Å². The van der Waals surface area contributed by atoms with E-state index in [4.69, 9.17) is 16.3 Å². The van der Waals surface area contributed by atoms with E-state index < -0.39 is 0 Å². The predicted octanol–water partition coefficient (Wildman–Crippen LogP) is 4.06. The molecule has 2 fully saturated rings. The summed E-state index contributed by atoms with van der Waals surface area (Å²) in [6.45, 7) is 4.82. The van der Waals surface area contributed by atoms with E-state index in [1.807, 2.05) is 30.3 Å². The molecule has 0 radical (unpaired) electrons. The first-order chi connectivity index (χ1) is 17.0. The summed E-state index contributed by atoms with van der Waals surface area (Å²) in [6, 6.07) is 12.9. The summed E-state index contributed by atoms with van der Waals surface area (Å²) in [7, 11) is 3.37. The van der Waals surface area contributed by atoms with E-state index in [1.165, 1.54) is 0 Å². The zero-order valence-corrected chi connectivity index (χ0v) is 20.5. The van der Waals surface area contributed by atoms with Crippen LogP contribution in [0.15, 0.2) is 48.7 Å². The Morgan fingerprint density at radius 3 is 2.34 bits per heavy atom. The molecule has 0 atom stereocenters. The lowest BCUT2D eigenvalue weighted by Gasteiger charge is -2.28. The summed E-state index contributed by atoms with van der Waals surface area (Å²) in [6.07, 6.45) is 1.76. The van der Waals surface area contributed by atoms with E-state index >= 15 is 0 Å². The molecule has 2 aliphatic heterocycles. The van der Waals surface area contributed by atoms with E-state index in [9.17, 15) is 9.90 Å². The maximum atomic E-state index is 12.4. The van der Waals surface area contributed by atoms with Gasteiger partial charge in [-0.05, 0) is 47.5 Å². The number of nitrogens with one attached hydrogen (secondary N) is 1. The first-order valence-electron chi connectivity index (χ1n) is 11.6. The largest absolute Gasteiger partial charge is 0.507 e. The molecule has 0 saturated carbocycles. The third-order valence-electron chi connectivity index (χ3n) is 6.58. The number of amides is 2. The Labute approximate surface area is 209 Å². The molecule has 3 heterocycles. The molecule has 0 spiro atoms. The third kappa shape index (κ3) is 4.47. The minimum absolute atomic E-state index is 0.0795. The Kier molecular flexibility index (Phi) is 6.40. The van der Waals surface area contributed by atoms with Crippen LogP contribution in [0.25, 0.3) is 22.3 Å². The number of pyridine rings is 1. The van der Waals surface area contributed by atoms with E-state index in [0.717, 1.165) is 43.1 Å². The van der Waals surface area contributed by atoms with Crippen molar-refractivity contribution >= 4 is 29.1 Å². The maximum absolute atomic E-state index is 12.4. The number of rotatable bonds is 5. The predicted molar refractivity (Wildman–Crippen MR) is 139 cm³/mol. The van der Waals surface area contributed by atoms with Crippen molar-refractivity contribution in [2.45, 2.75) is 0 Å². The molecule has 2 aliphatic rings. The second-order valence-corrected chi connectivity index (χ2v) is 9.14. The molecular weight excluding hydrogens is 466 g/mol. The topological polar surface area (TPSA) is 81.2 Å². The van der Waals surface area contributed by atoms with Crippen LogP contribution in [0, 0.1) is 0 Å². The van der Waals surface area contributed by atoms with Gasteiger partial charge in [0, 0.05) is 63.6 Å². The molecule has 2 N–H and O–H groups in total. The van der Waals surface area contributed by atoms with Crippen molar-refractivity contribution in [2.75, 3.05) is 63.2 Å². The van der Waals surface area contributed by atoms with Crippen molar-refractivity contribution in [3.8, 4) is 33.8 Å². The van der Waals surface area contributed by atoms with E-state index in [1.54, 1.807) is 42.3 Å². The smallest absolute Gasteiger partial charge is 0.324 e. The maximum Gasteiger partial charge on any atom is 0.324 e. The molecule has 0 unspecified atom stereocenters. The first-order valence-corrected chi connectivity index (χ1v) is 12.0. The number of aromatic hydroxyl groups is 1. The van der Waals surface area contributed by atoms with Crippen LogP contribution in [0.1, 0.15) is 0 Å². The van der Waals surface area contributed by atoms with Crippen LogP contribution in [0.3, 0.4) is 0 Å². The highest BCUT2D eigenvalue weighted by molar-refractivity contribution is 6.34. The van der Waals surface area contributed by atoms with E-state index in [2.05, 4.69) is 15.2 Å². The number of ether oxygens (including phenoxy) is 1. The van der Waals surface area contributed by atoms with Crippen molar-refractivity contribution in [3.05, 3.63) is 53.7 Å². The molecule has 2 saturated heterocycles. The summed E-state index contributed by atoms with van der Waals surface area (Å²) in [5.41, 5.74) is 3.47. The van der Waals surface area contributed by atoms with Crippen LogP contribution in [0.2, 0.25) is 5.02 Å². The van der Waals surface area contributed by atoms with Gasteiger partial charge in [-0.25, -0.2) is 9.78 Å². The molecule has 182 valence electrons. The van der Waals surface area contributed by atoms with Gasteiger partial charge in [-0.2, -0.15) is 0 Å². The number of urea groups is 1. The minimum atomic E-state index is -0.0795. The molecule has 0 aliphatic carbocycles. The number of anilines is 2. The number of piperazine rings is 1. The van der Waals surface area contributed by atoms with Crippen molar-refractivity contribution in [2.24, 2.45) is 0 Å². The molecule has 3 aromatic rings. The Hall–Kier alpha value is -3.49. The molecule has 2 amide bonds. The Morgan fingerprint density at radius 2 is 1.71 bits per heavy atom. The molecule has 0 bridgehead atoms. The van der Waals surface area contributed by atoms with Gasteiger partial charge in [-0.1, -0.05) is 17.7 Å². The third-order valence-corrected chi connectivity index (χ3v) is 6.89. The molecule has 2 aromatic carbocycles. The first kappa shape index (κ1) is 23.3. The second-order valence-electron chi connectivity index (χ2n) is 8.73. The Bertz CT molecular complexity index is 1260. The molecule has 35 heavy (non-hydrogen) atoms. The van der Waals surface area contributed by atoms with Gasteiger partial charge in [-0.15, -0.1) is 0 Å². The van der Waals surface area contributed by atoms with Crippen LogP contribution in [0.4, 0.5) is 16.3 Å². The SMILES string of the molecule is COc1cc(-c2ccnc(N3CCNCC3)c2)c(O)c(-c2ccc(N3CCN(C)C3=O)c(Cl)c2)c1. The molecule has 5 rings (SSSR count). The monoisotopic (exact) mass is 493 g/mol. The number of phenols is 1. The van der Waals surface area contributed by atoms with Crippen LogP contribution < -0.4 is 19.9 Å².